The Kier molecular flexibility index (Phi) is 9.33. The van der Waals surface area contributed by atoms with E-state index in [1.165, 1.54) is 6.42 Å². The summed E-state index contributed by atoms with van der Waals surface area (Å²) in [4.78, 5) is 18.4. The van der Waals surface area contributed by atoms with E-state index in [0.717, 1.165) is 31.9 Å². The van der Waals surface area contributed by atoms with Gasteiger partial charge in [-0.3, -0.25) is 9.78 Å². The maximum Gasteiger partial charge on any atom is 0.226 e. The Labute approximate surface area is 138 Å². The number of nitrogens with two attached hydrogens (primary N) is 1. The van der Waals surface area contributed by atoms with Crippen molar-refractivity contribution in [2.24, 2.45) is 5.92 Å². The number of nitrogens with zero attached hydrogens (tertiary/aromatic N) is 2. The molecule has 2 rings (SSSR count). The molecule has 5 nitrogen and oxygen atoms in total. The predicted molar refractivity (Wildman–Crippen MR) is 90.1 cm³/mol. The third-order valence-electron chi connectivity index (χ3n) is 3.59. The van der Waals surface area contributed by atoms with Crippen LogP contribution in [0.4, 0.5) is 5.69 Å². The number of hydrogen-bond donors (Lipinski definition) is 2. The number of carbonyl (C=O) groups excluding carboxylic acids is 1. The minimum Gasteiger partial charge on any atom is -0.397 e. The molecule has 0 aromatic carbocycles. The molecule has 1 saturated heterocycles. The molecule has 1 aromatic heterocycles. The summed E-state index contributed by atoms with van der Waals surface area (Å²) >= 11 is 0. The first-order chi connectivity index (χ1) is 9.17. The Morgan fingerprint density at radius 2 is 2.24 bits per heavy atom. The lowest BCUT2D eigenvalue weighted by molar-refractivity contribution is -0.120. The number of aromatic nitrogens is 1. The second-order valence-corrected chi connectivity index (χ2v) is 5.11. The smallest absolute Gasteiger partial charge is 0.226 e. The molecule has 120 valence electrons. The molecule has 1 aliphatic rings. The maximum atomic E-state index is 11.8. The van der Waals surface area contributed by atoms with Gasteiger partial charge in [0.15, 0.2) is 0 Å². The highest BCUT2D eigenvalue weighted by atomic mass is 35.5. The zero-order chi connectivity index (χ0) is 13.7. The first kappa shape index (κ1) is 20.0. The van der Waals surface area contributed by atoms with E-state index in [0.29, 0.717) is 18.0 Å². The van der Waals surface area contributed by atoms with Crippen molar-refractivity contribution in [2.45, 2.75) is 19.8 Å². The number of hydrogen-bond acceptors (Lipinski definition) is 4. The van der Waals surface area contributed by atoms with Crippen LogP contribution < -0.4 is 11.1 Å². The van der Waals surface area contributed by atoms with Crippen LogP contribution in [0.15, 0.2) is 18.3 Å². The molecule has 1 aromatic rings. The van der Waals surface area contributed by atoms with Gasteiger partial charge < -0.3 is 16.0 Å². The van der Waals surface area contributed by atoms with Crippen molar-refractivity contribution < 1.29 is 4.79 Å². The SMILES string of the molecule is CCN1CCC(CNC(=O)Cc2ccc(N)cn2)C1.Cl.Cl. The standard InChI is InChI=1S/C14H22N4O.2ClH/c1-2-18-6-5-11(10-18)8-17-14(19)7-13-4-3-12(15)9-16-13;;/h3-4,9,11H,2,5-8,10,15H2,1H3,(H,17,19);2*1H. The molecule has 1 amide bonds. The Morgan fingerprint density at radius 1 is 1.48 bits per heavy atom. The van der Waals surface area contributed by atoms with Crippen LogP contribution in [0.2, 0.25) is 0 Å². The molecule has 0 bridgehead atoms. The van der Waals surface area contributed by atoms with Crippen molar-refractivity contribution in [1.29, 1.82) is 0 Å². The summed E-state index contributed by atoms with van der Waals surface area (Å²) in [5, 5.41) is 3.00. The van der Waals surface area contributed by atoms with Crippen molar-refractivity contribution in [3.8, 4) is 0 Å². The fourth-order valence-corrected chi connectivity index (χ4v) is 2.39. The van der Waals surface area contributed by atoms with E-state index in [2.05, 4.69) is 22.1 Å². The normalized spacial score (nSPS) is 17.7. The average Bonchev–Trinajstić information content (AvgIpc) is 2.87. The monoisotopic (exact) mass is 334 g/mol. The first-order valence-electron chi connectivity index (χ1n) is 6.87. The van der Waals surface area contributed by atoms with Gasteiger partial charge in [-0.05, 0) is 37.6 Å². The number of carbonyl (C=O) groups is 1. The summed E-state index contributed by atoms with van der Waals surface area (Å²) in [6, 6.07) is 3.56. The number of pyridine rings is 1. The first-order valence-corrected chi connectivity index (χ1v) is 6.87. The van der Waals surface area contributed by atoms with Gasteiger partial charge in [-0.25, -0.2) is 0 Å². The minimum absolute atomic E-state index is 0. The summed E-state index contributed by atoms with van der Waals surface area (Å²) in [5.74, 6) is 0.621. The van der Waals surface area contributed by atoms with Crippen LogP contribution in [-0.4, -0.2) is 42.0 Å². The maximum absolute atomic E-state index is 11.8. The van der Waals surface area contributed by atoms with E-state index in [-0.39, 0.29) is 30.7 Å². The third-order valence-corrected chi connectivity index (χ3v) is 3.59. The highest BCUT2D eigenvalue weighted by Crippen LogP contribution is 2.14. The largest absolute Gasteiger partial charge is 0.397 e. The quantitative estimate of drug-likeness (QED) is 0.856. The van der Waals surface area contributed by atoms with Gasteiger partial charge in [0.25, 0.3) is 0 Å². The number of likely N-dealkylation sites (tertiary alicyclic amines) is 1. The highest BCUT2D eigenvalue weighted by molar-refractivity contribution is 5.85. The van der Waals surface area contributed by atoms with E-state index in [1.807, 2.05) is 0 Å². The fraction of sp³-hybridized carbons (Fsp3) is 0.571. The molecular weight excluding hydrogens is 311 g/mol. The Bertz CT molecular complexity index is 427. The van der Waals surface area contributed by atoms with Gasteiger partial charge in [0.05, 0.1) is 18.3 Å². The molecule has 7 heteroatoms. The molecule has 0 radical (unpaired) electrons. The van der Waals surface area contributed by atoms with Gasteiger partial charge in [-0.15, -0.1) is 24.8 Å². The molecule has 0 saturated carbocycles. The molecule has 1 atom stereocenters. The van der Waals surface area contributed by atoms with E-state index < -0.39 is 0 Å². The van der Waals surface area contributed by atoms with Crippen molar-refractivity contribution in [2.75, 3.05) is 31.9 Å². The van der Waals surface area contributed by atoms with Crippen molar-refractivity contribution >= 4 is 36.4 Å². The van der Waals surface area contributed by atoms with Crippen LogP contribution in [0, 0.1) is 5.92 Å². The summed E-state index contributed by atoms with van der Waals surface area (Å²) in [7, 11) is 0. The van der Waals surface area contributed by atoms with Crippen molar-refractivity contribution in [3.05, 3.63) is 24.0 Å². The summed E-state index contributed by atoms with van der Waals surface area (Å²) in [6.45, 7) is 6.28. The minimum atomic E-state index is 0. The zero-order valence-electron chi connectivity index (χ0n) is 12.2. The van der Waals surface area contributed by atoms with Gasteiger partial charge in [-0.1, -0.05) is 6.92 Å². The molecule has 0 spiro atoms. The van der Waals surface area contributed by atoms with Gasteiger partial charge >= 0.3 is 0 Å². The molecule has 1 aliphatic heterocycles. The Balaban J connectivity index is 0.00000200. The topological polar surface area (TPSA) is 71.2 Å². The number of halogens is 2. The van der Waals surface area contributed by atoms with E-state index >= 15 is 0 Å². The molecule has 2 heterocycles. The number of anilines is 1. The molecular formula is C14H24Cl2N4O. The molecule has 0 aliphatic carbocycles. The summed E-state index contributed by atoms with van der Waals surface area (Å²) in [5.41, 5.74) is 6.94. The second kappa shape index (κ2) is 9.82. The predicted octanol–water partition coefficient (Wildman–Crippen LogP) is 1.51. The van der Waals surface area contributed by atoms with E-state index in [1.54, 1.807) is 18.3 Å². The van der Waals surface area contributed by atoms with Crippen molar-refractivity contribution in [1.82, 2.24) is 15.2 Å². The average molecular weight is 335 g/mol. The van der Waals surface area contributed by atoms with Crippen LogP contribution in [0.5, 0.6) is 0 Å². The summed E-state index contributed by atoms with van der Waals surface area (Å²) in [6.07, 6.45) is 3.08. The lowest BCUT2D eigenvalue weighted by Gasteiger charge is -2.13. The lowest BCUT2D eigenvalue weighted by atomic mass is 10.1. The molecule has 21 heavy (non-hydrogen) atoms. The van der Waals surface area contributed by atoms with Crippen LogP contribution in [-0.2, 0) is 11.2 Å². The van der Waals surface area contributed by atoms with Crippen LogP contribution >= 0.6 is 24.8 Å². The second-order valence-electron chi connectivity index (χ2n) is 5.11. The van der Waals surface area contributed by atoms with Gasteiger partial charge in [0.2, 0.25) is 5.91 Å². The van der Waals surface area contributed by atoms with Gasteiger partial charge in [-0.2, -0.15) is 0 Å². The zero-order valence-corrected chi connectivity index (χ0v) is 13.9. The van der Waals surface area contributed by atoms with E-state index in [4.69, 9.17) is 5.73 Å². The highest BCUT2D eigenvalue weighted by Gasteiger charge is 2.21. The lowest BCUT2D eigenvalue weighted by Crippen LogP contribution is -2.32. The number of amides is 1. The van der Waals surface area contributed by atoms with Crippen LogP contribution in [0.1, 0.15) is 19.0 Å². The van der Waals surface area contributed by atoms with Gasteiger partial charge in [0, 0.05) is 18.8 Å². The molecule has 3 N–H and O–H groups in total. The van der Waals surface area contributed by atoms with Gasteiger partial charge in [0.1, 0.15) is 0 Å². The summed E-state index contributed by atoms with van der Waals surface area (Å²) < 4.78 is 0. The van der Waals surface area contributed by atoms with Crippen LogP contribution in [0.25, 0.3) is 0 Å². The Morgan fingerprint density at radius 3 is 2.81 bits per heavy atom. The number of nitrogens with one attached hydrogen (secondary N) is 1. The molecule has 1 unspecified atom stereocenters. The third kappa shape index (κ3) is 6.50. The number of nitrogen functional groups attached to an aromatic ring is 1. The van der Waals surface area contributed by atoms with Crippen LogP contribution in [0.3, 0.4) is 0 Å². The fourth-order valence-electron chi connectivity index (χ4n) is 2.39. The van der Waals surface area contributed by atoms with E-state index in [9.17, 15) is 4.79 Å². The molecule has 1 fully saturated rings. The number of rotatable bonds is 5. The van der Waals surface area contributed by atoms with Crippen molar-refractivity contribution in [3.63, 3.8) is 0 Å². The Hall–Kier alpha value is -1.04.